The molecule has 5 aromatic rings. The largest absolute Gasteiger partial charge is 0.507 e. The molecule has 8 rings (SSSR count). The van der Waals surface area contributed by atoms with Gasteiger partial charge in [-0.1, -0.05) is 19.6 Å². The first-order valence-electron chi connectivity index (χ1n) is 20.9. The van der Waals surface area contributed by atoms with Gasteiger partial charge in [-0.2, -0.15) is 0 Å². The fourth-order valence-corrected chi connectivity index (χ4v) is 7.03. The van der Waals surface area contributed by atoms with Crippen LogP contribution in [0.5, 0.6) is 23.0 Å². The van der Waals surface area contributed by atoms with Gasteiger partial charge in [-0.05, 0) is 117 Å². The summed E-state index contributed by atoms with van der Waals surface area (Å²) in [5.41, 5.74) is 1.68. The molecule has 6 N–H and O–H groups in total. The zero-order valence-electron chi connectivity index (χ0n) is 36.0. The molecule has 6 heterocycles. The van der Waals surface area contributed by atoms with Crippen molar-refractivity contribution < 1.29 is 54.2 Å². The van der Waals surface area contributed by atoms with Gasteiger partial charge in [0.1, 0.15) is 29.6 Å². The highest BCUT2D eigenvalue weighted by Crippen LogP contribution is 2.28. The lowest BCUT2D eigenvalue weighted by Crippen LogP contribution is -2.39. The molecule has 19 heteroatoms. The summed E-state index contributed by atoms with van der Waals surface area (Å²) in [5.74, 6) is -0.284. The van der Waals surface area contributed by atoms with Gasteiger partial charge in [0.2, 0.25) is 0 Å². The van der Waals surface area contributed by atoms with Gasteiger partial charge in [0, 0.05) is 61.9 Å². The molecule has 3 aliphatic heterocycles. The highest BCUT2D eigenvalue weighted by molar-refractivity contribution is 6.67. The number of pyridine rings is 3. The molecule has 0 radical (unpaired) electrons. The van der Waals surface area contributed by atoms with Crippen LogP contribution in [-0.2, 0) is 0 Å². The van der Waals surface area contributed by atoms with Crippen LogP contribution in [0.4, 0.5) is 0 Å². The molecule has 0 bridgehead atoms. The number of ether oxygens (including phenoxy) is 1. The molecule has 17 nitrogen and oxygen atoms in total. The Morgan fingerprint density at radius 2 is 1.18 bits per heavy atom. The summed E-state index contributed by atoms with van der Waals surface area (Å²) in [6, 6.07) is 19.2. The molecule has 2 aromatic carbocycles. The van der Waals surface area contributed by atoms with Crippen molar-refractivity contribution >= 4 is 53.6 Å². The first-order valence-corrected chi connectivity index (χ1v) is 21.2. The molecular weight excluding hydrogens is 907 g/mol. The molecule has 0 saturated carbocycles. The molecule has 360 valence electrons. The van der Waals surface area contributed by atoms with Crippen molar-refractivity contribution in [2.45, 2.75) is 64.1 Å². The van der Waals surface area contributed by atoms with E-state index in [0.29, 0.717) is 54.2 Å². The highest BCUT2D eigenvalue weighted by atomic mass is 35.5. The number of aromatic nitrogens is 3. The molecule has 2 amide bonds. The lowest BCUT2D eigenvalue weighted by molar-refractivity contribution is 0.0674. The van der Waals surface area contributed by atoms with Crippen LogP contribution >= 0.6 is 24.0 Å². The van der Waals surface area contributed by atoms with Crippen molar-refractivity contribution in [2.75, 3.05) is 39.5 Å². The molecule has 3 aliphatic rings. The van der Waals surface area contributed by atoms with Crippen LogP contribution in [0.2, 0.25) is 0 Å². The van der Waals surface area contributed by atoms with E-state index in [9.17, 15) is 29.1 Å². The number of carbonyl (C=O) groups excluding carboxylic acids is 5. The van der Waals surface area contributed by atoms with Crippen molar-refractivity contribution in [1.82, 2.24) is 30.1 Å². The van der Waals surface area contributed by atoms with Crippen molar-refractivity contribution in [1.29, 1.82) is 0 Å². The summed E-state index contributed by atoms with van der Waals surface area (Å²) < 4.78 is 5.71. The fraction of sp³-hybridized carbons (Fsp3) is 0.333. The first-order chi connectivity index (χ1) is 31.5. The predicted molar refractivity (Wildman–Crippen MR) is 254 cm³/mol. The SMILES string of the molecule is C.Cl.O=C(Cl)c1ccncc1.O=C(c1cccnc1)N1CCC[C@H]1CO.O=Cc1c(O)cccc1O.O=Cc1c(O)cccc1OC[C@@H]1CCCN1C(=O)c1cccnc1.OC[C@@H]1CCCN1. The van der Waals surface area contributed by atoms with E-state index in [4.69, 9.17) is 36.8 Å². The lowest BCUT2D eigenvalue weighted by Gasteiger charge is -2.25. The lowest BCUT2D eigenvalue weighted by atomic mass is 10.2. The molecule has 3 saturated heterocycles. The van der Waals surface area contributed by atoms with Gasteiger partial charge in [0.25, 0.3) is 17.1 Å². The summed E-state index contributed by atoms with van der Waals surface area (Å²) >= 11 is 5.14. The number of nitrogens with zero attached hydrogens (tertiary/aromatic N) is 5. The second kappa shape index (κ2) is 30.7. The number of aliphatic hydroxyl groups excluding tert-OH is 2. The number of halogens is 2. The zero-order chi connectivity index (χ0) is 47.0. The van der Waals surface area contributed by atoms with Crippen LogP contribution in [0.1, 0.15) is 97.7 Å². The van der Waals surface area contributed by atoms with Gasteiger partial charge in [-0.15, -0.1) is 12.4 Å². The maximum atomic E-state index is 12.6. The van der Waals surface area contributed by atoms with E-state index in [1.807, 2.05) is 0 Å². The number of aliphatic hydroxyl groups is 2. The summed E-state index contributed by atoms with van der Waals surface area (Å²) in [7, 11) is 0. The standard InChI is InChI=1S/C18H18N2O4.C11H14N2O2.C7H6O3.C6H4ClNO.C5H11NO.CH4.ClH/c21-11-15-16(22)6-1-7-17(15)24-12-14-5-3-9-20(14)18(23)13-4-2-8-19-10-13;14-8-10-4-2-6-13(10)11(15)9-3-1-5-12-7-9;8-4-5-6(9)2-1-3-7(5)10;7-6(9)5-1-3-8-4-2-5;7-4-5-2-1-3-6-5;;/h1-2,4,6-8,10-11,14,22H,3,5,9,12H2;1,3,5,7,10,14H,2,4,6,8H2;1-4,9-10H;1-4H;5-7H,1-4H2;1H4;1H/t14-;10-;;;5-;;/m00..0../s1. The fourth-order valence-electron chi connectivity index (χ4n) is 6.90. The van der Waals surface area contributed by atoms with E-state index in [-0.39, 0.29) is 85.3 Å². The van der Waals surface area contributed by atoms with E-state index in [1.165, 1.54) is 43.1 Å². The third kappa shape index (κ3) is 17.7. The summed E-state index contributed by atoms with van der Waals surface area (Å²) in [6.07, 6.45) is 16.4. The number of hydrogen-bond acceptors (Lipinski definition) is 15. The Morgan fingerprint density at radius 1 is 0.657 bits per heavy atom. The monoisotopic (exact) mass is 964 g/mol. The predicted octanol–water partition coefficient (Wildman–Crippen LogP) is 6.12. The average Bonchev–Trinajstić information content (AvgIpc) is 4.16. The molecular formula is C48H58Cl2N6O11. The van der Waals surface area contributed by atoms with Crippen LogP contribution in [0.25, 0.3) is 0 Å². The Balaban J connectivity index is 0.000000308. The number of hydrogen-bond donors (Lipinski definition) is 6. The van der Waals surface area contributed by atoms with Gasteiger partial charge in [0.05, 0.1) is 47.6 Å². The van der Waals surface area contributed by atoms with E-state index in [0.717, 1.165) is 45.2 Å². The van der Waals surface area contributed by atoms with Crippen molar-refractivity contribution in [2.24, 2.45) is 0 Å². The van der Waals surface area contributed by atoms with Gasteiger partial charge in [-0.3, -0.25) is 38.9 Å². The molecule has 3 aromatic heterocycles. The number of amides is 2. The number of benzene rings is 2. The molecule has 3 atom stereocenters. The van der Waals surface area contributed by atoms with E-state index in [2.05, 4.69) is 20.3 Å². The normalized spacial score (nSPS) is 16.5. The maximum Gasteiger partial charge on any atom is 0.255 e. The summed E-state index contributed by atoms with van der Waals surface area (Å²) in [4.78, 5) is 71.3. The highest BCUT2D eigenvalue weighted by Gasteiger charge is 2.31. The Kier molecular flexibility index (Phi) is 25.9. The quantitative estimate of drug-likeness (QED) is 0.0681. The smallest absolute Gasteiger partial charge is 0.255 e. The van der Waals surface area contributed by atoms with E-state index in [1.54, 1.807) is 83.1 Å². The number of carbonyl (C=O) groups is 5. The van der Waals surface area contributed by atoms with Crippen LogP contribution in [-0.4, -0.2) is 137 Å². The summed E-state index contributed by atoms with van der Waals surface area (Å²) in [6.45, 7) is 3.12. The molecule has 0 aliphatic carbocycles. The van der Waals surface area contributed by atoms with E-state index < -0.39 is 5.24 Å². The van der Waals surface area contributed by atoms with Gasteiger partial charge in [0.15, 0.2) is 12.6 Å². The number of nitrogens with one attached hydrogen (secondary N) is 1. The van der Waals surface area contributed by atoms with Crippen molar-refractivity contribution in [3.05, 3.63) is 138 Å². The molecule has 0 unspecified atom stereocenters. The first kappa shape index (κ1) is 56.6. The van der Waals surface area contributed by atoms with Gasteiger partial charge in [-0.25, -0.2) is 0 Å². The third-order valence-corrected chi connectivity index (χ3v) is 10.6. The number of aldehydes is 2. The van der Waals surface area contributed by atoms with E-state index >= 15 is 0 Å². The number of phenolic OH excluding ortho intramolecular Hbond substituents is 3. The Bertz CT molecular complexity index is 2240. The zero-order valence-corrected chi connectivity index (χ0v) is 37.5. The molecule has 67 heavy (non-hydrogen) atoms. The topological polar surface area (TPSA) is 253 Å². The number of rotatable bonds is 10. The Labute approximate surface area is 400 Å². The molecule has 3 fully saturated rings. The average molecular weight is 966 g/mol. The van der Waals surface area contributed by atoms with Crippen LogP contribution in [0.15, 0.2) is 110 Å². The Morgan fingerprint density at radius 3 is 1.60 bits per heavy atom. The van der Waals surface area contributed by atoms with Crippen LogP contribution in [0, 0.1) is 0 Å². The van der Waals surface area contributed by atoms with Crippen LogP contribution in [0.3, 0.4) is 0 Å². The minimum absolute atomic E-state index is 0. The second-order valence-corrected chi connectivity index (χ2v) is 15.0. The minimum Gasteiger partial charge on any atom is -0.507 e. The Hall–Kier alpha value is -6.50. The maximum absolute atomic E-state index is 12.6. The van der Waals surface area contributed by atoms with Gasteiger partial charge < -0.3 is 45.4 Å². The number of aromatic hydroxyl groups is 3. The third-order valence-electron chi connectivity index (χ3n) is 10.4. The number of phenols is 3. The van der Waals surface area contributed by atoms with Crippen molar-refractivity contribution in [3.8, 4) is 23.0 Å². The van der Waals surface area contributed by atoms with Gasteiger partial charge >= 0.3 is 0 Å². The summed E-state index contributed by atoms with van der Waals surface area (Å²) in [5, 5.41) is 47.8. The second-order valence-electron chi connectivity index (χ2n) is 14.7. The number of likely N-dealkylation sites (tertiary alicyclic amines) is 2. The minimum atomic E-state index is -0.447. The molecule has 0 spiro atoms. The van der Waals surface area contributed by atoms with Crippen LogP contribution < -0.4 is 10.1 Å². The van der Waals surface area contributed by atoms with Crippen molar-refractivity contribution in [3.63, 3.8) is 0 Å².